The Morgan fingerprint density at radius 3 is 2.44 bits per heavy atom. The topological polar surface area (TPSA) is 64.4 Å². The van der Waals surface area contributed by atoms with Gasteiger partial charge in [0.25, 0.3) is 0 Å². The molecule has 2 N–H and O–H groups in total. The van der Waals surface area contributed by atoms with Crippen LogP contribution in [0.1, 0.15) is 41.9 Å². The summed E-state index contributed by atoms with van der Waals surface area (Å²) in [5, 5.41) is 21.5. The molecule has 5 heteroatoms. The summed E-state index contributed by atoms with van der Waals surface area (Å²) in [7, 11) is 0. The van der Waals surface area contributed by atoms with Crippen molar-refractivity contribution < 1.29 is 9.90 Å². The molecule has 5 rings (SSSR count). The molecule has 0 fully saturated rings. The zero-order chi connectivity index (χ0) is 23.8. The molecular formula is C29H25ClN2O2. The first-order valence-electron chi connectivity index (χ1n) is 11.4. The van der Waals surface area contributed by atoms with E-state index in [-0.39, 0.29) is 17.4 Å². The second-order valence-electron chi connectivity index (χ2n) is 8.77. The second-order valence-corrected chi connectivity index (χ2v) is 9.21. The third-order valence-corrected chi connectivity index (χ3v) is 6.77. The molecule has 0 saturated carbocycles. The zero-order valence-electron chi connectivity index (χ0n) is 18.9. The van der Waals surface area contributed by atoms with Gasteiger partial charge in [0.1, 0.15) is 11.6 Å². The summed E-state index contributed by atoms with van der Waals surface area (Å²) in [4.78, 5) is 15.2. The van der Waals surface area contributed by atoms with E-state index >= 15 is 0 Å². The van der Waals surface area contributed by atoms with Crippen molar-refractivity contribution in [2.45, 2.75) is 32.1 Å². The minimum absolute atomic E-state index is 0.0100. The number of aliphatic hydroxyl groups excluding tert-OH is 1. The Morgan fingerprint density at radius 2 is 1.74 bits per heavy atom. The maximum Gasteiger partial charge on any atom is 0.161 e. The molecule has 0 aromatic heterocycles. The van der Waals surface area contributed by atoms with Gasteiger partial charge in [-0.2, -0.15) is 0 Å². The van der Waals surface area contributed by atoms with Gasteiger partial charge in [0, 0.05) is 45.5 Å². The summed E-state index contributed by atoms with van der Waals surface area (Å²) in [6.07, 6.45) is 1.86. The predicted molar refractivity (Wildman–Crippen MR) is 137 cm³/mol. The number of rotatable bonds is 3. The lowest BCUT2D eigenvalue weighted by Gasteiger charge is -2.41. The van der Waals surface area contributed by atoms with Crippen LogP contribution in [0.3, 0.4) is 0 Å². The van der Waals surface area contributed by atoms with Crippen LogP contribution in [0.15, 0.2) is 95.7 Å². The lowest BCUT2D eigenvalue weighted by atomic mass is 9.73. The van der Waals surface area contributed by atoms with E-state index in [0.29, 0.717) is 40.3 Å². The summed E-state index contributed by atoms with van der Waals surface area (Å²) in [6.45, 7) is 1.99. The second kappa shape index (κ2) is 8.96. The van der Waals surface area contributed by atoms with Crippen LogP contribution >= 0.6 is 11.6 Å². The van der Waals surface area contributed by atoms with Crippen LogP contribution in [0.5, 0.6) is 0 Å². The number of Topliss-reactive ketones (excluding diaryl/α,β-unsaturated/α-hetero) is 1. The molecule has 0 spiro atoms. The van der Waals surface area contributed by atoms with Gasteiger partial charge >= 0.3 is 0 Å². The van der Waals surface area contributed by atoms with Crippen LogP contribution < -0.4 is 4.90 Å². The van der Waals surface area contributed by atoms with Crippen molar-refractivity contribution in [2.75, 3.05) is 4.90 Å². The standard InChI is InChI=1S/C29H25ClN2O2/c1-18-13-15-20(16-14-18)28(34)27-25(19-7-3-2-4-8-19)26-23(11-6-12-24(26)33)32(29(27)31)22-10-5-9-21(30)17-22/h2-5,7-10,13-17,25,31,34H,6,11-12H2,1H3/b28-27+,31-29?/t25-/m0/s1. The summed E-state index contributed by atoms with van der Waals surface area (Å²) in [5.74, 6) is -0.296. The number of hydrogen-bond acceptors (Lipinski definition) is 3. The fourth-order valence-corrected chi connectivity index (χ4v) is 5.12. The molecule has 0 amide bonds. The van der Waals surface area contributed by atoms with Gasteiger partial charge in [-0.05, 0) is 43.5 Å². The predicted octanol–water partition coefficient (Wildman–Crippen LogP) is 7.21. The Balaban J connectivity index is 1.82. The van der Waals surface area contributed by atoms with Gasteiger partial charge in [0.15, 0.2) is 5.78 Å². The molecule has 1 aliphatic carbocycles. The number of carbonyl (C=O) groups excluding carboxylic acids is 1. The van der Waals surface area contributed by atoms with Crippen LogP contribution in [0.4, 0.5) is 5.69 Å². The van der Waals surface area contributed by atoms with Gasteiger partial charge in [0.05, 0.1) is 0 Å². The monoisotopic (exact) mass is 468 g/mol. The molecule has 1 aliphatic heterocycles. The highest BCUT2D eigenvalue weighted by Gasteiger charge is 2.43. The molecule has 1 heterocycles. The van der Waals surface area contributed by atoms with Crippen LogP contribution in [0.25, 0.3) is 5.76 Å². The number of aliphatic hydroxyl groups is 1. The Morgan fingerprint density at radius 1 is 1.00 bits per heavy atom. The fourth-order valence-electron chi connectivity index (χ4n) is 4.94. The molecule has 1 atom stereocenters. The van der Waals surface area contributed by atoms with E-state index < -0.39 is 5.92 Å². The highest BCUT2D eigenvalue weighted by atomic mass is 35.5. The van der Waals surface area contributed by atoms with Crippen molar-refractivity contribution in [1.82, 2.24) is 0 Å². The van der Waals surface area contributed by atoms with Gasteiger partial charge in [-0.25, -0.2) is 0 Å². The van der Waals surface area contributed by atoms with E-state index in [9.17, 15) is 15.3 Å². The Bertz CT molecular complexity index is 1340. The number of amidine groups is 1. The van der Waals surface area contributed by atoms with E-state index in [2.05, 4.69) is 0 Å². The molecule has 34 heavy (non-hydrogen) atoms. The minimum Gasteiger partial charge on any atom is -0.507 e. The number of ketones is 1. The number of halogens is 1. The third-order valence-electron chi connectivity index (χ3n) is 6.53. The van der Waals surface area contributed by atoms with Gasteiger partial charge in [-0.3, -0.25) is 15.1 Å². The molecule has 0 radical (unpaired) electrons. The average Bonchev–Trinajstić information content (AvgIpc) is 2.84. The Hall–Kier alpha value is -3.63. The minimum atomic E-state index is -0.520. The number of nitrogens with one attached hydrogen (secondary N) is 1. The highest BCUT2D eigenvalue weighted by molar-refractivity contribution is 6.31. The SMILES string of the molecule is Cc1ccc(/C(O)=C2\C(=N)N(c3cccc(Cl)c3)C3=C(C(=O)CCC3)[C@@H]2c2ccccc2)cc1. The lowest BCUT2D eigenvalue weighted by Crippen LogP contribution is -2.42. The van der Waals surface area contributed by atoms with Crippen molar-refractivity contribution >= 4 is 34.7 Å². The average molecular weight is 469 g/mol. The molecule has 4 nitrogen and oxygen atoms in total. The molecule has 3 aromatic carbocycles. The van der Waals surface area contributed by atoms with E-state index in [4.69, 9.17) is 11.6 Å². The molecular weight excluding hydrogens is 444 g/mol. The molecule has 2 aliphatic rings. The number of allylic oxidation sites excluding steroid dienone is 2. The van der Waals surface area contributed by atoms with Gasteiger partial charge in [-0.15, -0.1) is 0 Å². The molecule has 0 unspecified atom stereocenters. The Labute approximate surface area is 204 Å². The largest absolute Gasteiger partial charge is 0.507 e. The van der Waals surface area contributed by atoms with Gasteiger partial charge in [0.2, 0.25) is 0 Å². The van der Waals surface area contributed by atoms with Gasteiger partial charge in [-0.1, -0.05) is 77.8 Å². The summed E-state index contributed by atoms with van der Waals surface area (Å²) in [6, 6.07) is 24.6. The number of benzene rings is 3. The smallest absolute Gasteiger partial charge is 0.161 e. The Kier molecular flexibility index (Phi) is 5.84. The maximum absolute atomic E-state index is 13.4. The maximum atomic E-state index is 13.4. The highest BCUT2D eigenvalue weighted by Crippen LogP contribution is 2.48. The van der Waals surface area contributed by atoms with Crippen molar-refractivity contribution in [3.05, 3.63) is 117 Å². The quantitative estimate of drug-likeness (QED) is 0.399. The third kappa shape index (κ3) is 3.84. The summed E-state index contributed by atoms with van der Waals surface area (Å²) in [5.41, 5.74) is 5.18. The van der Waals surface area contributed by atoms with E-state index in [1.54, 1.807) is 17.0 Å². The molecule has 3 aromatic rings. The first kappa shape index (κ1) is 22.2. The number of carbonyl (C=O) groups is 1. The van der Waals surface area contributed by atoms with E-state index in [1.165, 1.54) is 0 Å². The molecule has 0 saturated heterocycles. The lowest BCUT2D eigenvalue weighted by molar-refractivity contribution is -0.116. The van der Waals surface area contributed by atoms with Crippen LogP contribution in [-0.2, 0) is 4.79 Å². The van der Waals surface area contributed by atoms with E-state index in [1.807, 2.05) is 73.7 Å². The van der Waals surface area contributed by atoms with E-state index in [0.717, 1.165) is 23.2 Å². The van der Waals surface area contributed by atoms with Crippen molar-refractivity contribution in [3.63, 3.8) is 0 Å². The first-order valence-corrected chi connectivity index (χ1v) is 11.8. The summed E-state index contributed by atoms with van der Waals surface area (Å²) < 4.78 is 0. The summed E-state index contributed by atoms with van der Waals surface area (Å²) >= 11 is 6.31. The first-order chi connectivity index (χ1) is 16.5. The van der Waals surface area contributed by atoms with Crippen LogP contribution in [-0.4, -0.2) is 16.7 Å². The number of nitrogens with zero attached hydrogens (tertiary/aromatic N) is 1. The van der Waals surface area contributed by atoms with Gasteiger partial charge < -0.3 is 5.11 Å². The molecule has 170 valence electrons. The number of hydrogen-bond donors (Lipinski definition) is 2. The van der Waals surface area contributed by atoms with Crippen LogP contribution in [0, 0.1) is 12.3 Å². The van der Waals surface area contributed by atoms with Crippen molar-refractivity contribution in [3.8, 4) is 0 Å². The molecule has 0 bridgehead atoms. The van der Waals surface area contributed by atoms with Crippen molar-refractivity contribution in [2.24, 2.45) is 0 Å². The number of aryl methyl sites for hydroxylation is 1. The zero-order valence-corrected chi connectivity index (χ0v) is 19.6. The fraction of sp³-hybridized carbons (Fsp3) is 0.172. The van der Waals surface area contributed by atoms with Crippen molar-refractivity contribution in [1.29, 1.82) is 5.41 Å². The normalized spacial score (nSPS) is 19.8. The van der Waals surface area contributed by atoms with Crippen LogP contribution in [0.2, 0.25) is 5.02 Å². The number of anilines is 1.